The predicted octanol–water partition coefficient (Wildman–Crippen LogP) is 1.83. The molecule has 1 aliphatic rings. The molecule has 1 N–H and O–H groups in total. The van der Waals surface area contributed by atoms with Crippen LogP contribution in [0.1, 0.15) is 22.8 Å². The molecule has 1 aromatic heterocycles. The number of fused-ring (bicyclic) bond motifs is 1. The van der Waals surface area contributed by atoms with Gasteiger partial charge in [0.15, 0.2) is 11.3 Å². The van der Waals surface area contributed by atoms with E-state index in [0.29, 0.717) is 11.1 Å². The van der Waals surface area contributed by atoms with Crippen molar-refractivity contribution in [2.75, 3.05) is 11.9 Å². The molecule has 0 spiro atoms. The third-order valence-corrected chi connectivity index (χ3v) is 4.42. The van der Waals surface area contributed by atoms with Gasteiger partial charge in [-0.1, -0.05) is 29.8 Å². The Kier molecular flexibility index (Phi) is 5.70. The SMILES string of the molecule is C[C@H](OC(=O)CN1C(=O)Cc2ccccc2C1=O)C(=O)Nc1cccnc1Cl. The number of anilines is 1. The molecule has 144 valence electrons. The number of esters is 1. The fraction of sp³-hybridized carbons (Fsp3) is 0.211. The van der Waals surface area contributed by atoms with Crippen LogP contribution in [0.15, 0.2) is 42.6 Å². The van der Waals surface area contributed by atoms with Crippen molar-refractivity contribution in [2.45, 2.75) is 19.4 Å². The lowest BCUT2D eigenvalue weighted by Gasteiger charge is -2.26. The largest absolute Gasteiger partial charge is 0.451 e. The van der Waals surface area contributed by atoms with E-state index in [9.17, 15) is 19.2 Å². The first-order valence-corrected chi connectivity index (χ1v) is 8.78. The molecule has 2 heterocycles. The second kappa shape index (κ2) is 8.18. The zero-order valence-electron chi connectivity index (χ0n) is 14.8. The molecular formula is C19H16ClN3O5. The highest BCUT2D eigenvalue weighted by Gasteiger charge is 2.33. The zero-order valence-corrected chi connectivity index (χ0v) is 15.6. The van der Waals surface area contributed by atoms with Crippen LogP contribution in [0, 0.1) is 0 Å². The van der Waals surface area contributed by atoms with Gasteiger partial charge in [0.2, 0.25) is 5.91 Å². The molecule has 0 saturated heterocycles. The fourth-order valence-corrected chi connectivity index (χ4v) is 2.86. The standard InChI is InChI=1S/C19H16ClN3O5/c1-11(18(26)22-14-7-4-8-21-17(14)20)28-16(25)10-23-15(24)9-12-5-2-3-6-13(12)19(23)27/h2-8,11H,9-10H2,1H3,(H,22,26)/t11-/m0/s1. The summed E-state index contributed by atoms with van der Waals surface area (Å²) in [7, 11) is 0. The highest BCUT2D eigenvalue weighted by Crippen LogP contribution is 2.20. The lowest BCUT2D eigenvalue weighted by Crippen LogP contribution is -2.46. The quantitative estimate of drug-likeness (QED) is 0.465. The summed E-state index contributed by atoms with van der Waals surface area (Å²) in [6, 6.07) is 9.83. The van der Waals surface area contributed by atoms with Gasteiger partial charge in [-0.05, 0) is 30.7 Å². The molecule has 1 aromatic carbocycles. The molecule has 1 aliphatic heterocycles. The van der Waals surface area contributed by atoms with Crippen LogP contribution in [-0.2, 0) is 25.5 Å². The Morgan fingerprint density at radius 3 is 2.75 bits per heavy atom. The Hall–Kier alpha value is -3.26. The average molecular weight is 402 g/mol. The van der Waals surface area contributed by atoms with Crippen LogP contribution in [0.25, 0.3) is 0 Å². The van der Waals surface area contributed by atoms with E-state index in [-0.39, 0.29) is 17.3 Å². The van der Waals surface area contributed by atoms with Crippen molar-refractivity contribution in [2.24, 2.45) is 0 Å². The van der Waals surface area contributed by atoms with Crippen LogP contribution < -0.4 is 5.32 Å². The number of rotatable bonds is 5. The van der Waals surface area contributed by atoms with Crippen LogP contribution in [0.4, 0.5) is 5.69 Å². The van der Waals surface area contributed by atoms with Crippen LogP contribution in [0.3, 0.4) is 0 Å². The summed E-state index contributed by atoms with van der Waals surface area (Å²) in [6.07, 6.45) is 0.322. The predicted molar refractivity (Wildman–Crippen MR) is 99.6 cm³/mol. The average Bonchev–Trinajstić information content (AvgIpc) is 2.67. The molecule has 0 bridgehead atoms. The van der Waals surface area contributed by atoms with E-state index in [0.717, 1.165) is 4.90 Å². The van der Waals surface area contributed by atoms with E-state index in [2.05, 4.69) is 10.3 Å². The zero-order chi connectivity index (χ0) is 20.3. The molecule has 28 heavy (non-hydrogen) atoms. The summed E-state index contributed by atoms with van der Waals surface area (Å²) < 4.78 is 5.05. The number of pyridine rings is 1. The van der Waals surface area contributed by atoms with E-state index in [1.807, 2.05) is 0 Å². The third kappa shape index (κ3) is 4.17. The summed E-state index contributed by atoms with van der Waals surface area (Å²) in [4.78, 5) is 53.6. The molecular weight excluding hydrogens is 386 g/mol. The first kappa shape index (κ1) is 19.5. The van der Waals surface area contributed by atoms with Crippen molar-refractivity contribution in [1.82, 2.24) is 9.88 Å². The van der Waals surface area contributed by atoms with Crippen molar-refractivity contribution in [3.63, 3.8) is 0 Å². The van der Waals surface area contributed by atoms with Gasteiger partial charge in [0.25, 0.3) is 11.8 Å². The maximum Gasteiger partial charge on any atom is 0.326 e. The van der Waals surface area contributed by atoms with Gasteiger partial charge >= 0.3 is 5.97 Å². The second-order valence-electron chi connectivity index (χ2n) is 6.08. The van der Waals surface area contributed by atoms with Gasteiger partial charge in [-0.3, -0.25) is 24.1 Å². The van der Waals surface area contributed by atoms with Crippen molar-refractivity contribution in [3.8, 4) is 0 Å². The molecule has 0 saturated carbocycles. The van der Waals surface area contributed by atoms with Crippen LogP contribution in [0.5, 0.6) is 0 Å². The molecule has 3 amide bonds. The number of nitrogens with zero attached hydrogens (tertiary/aromatic N) is 2. The lowest BCUT2D eigenvalue weighted by molar-refractivity contribution is -0.155. The maximum atomic E-state index is 12.5. The minimum atomic E-state index is -1.16. The van der Waals surface area contributed by atoms with Gasteiger partial charge in [-0.2, -0.15) is 0 Å². The summed E-state index contributed by atoms with van der Waals surface area (Å²) in [5, 5.41) is 2.59. The Morgan fingerprint density at radius 1 is 1.25 bits per heavy atom. The van der Waals surface area contributed by atoms with E-state index < -0.39 is 36.3 Å². The molecule has 3 rings (SSSR count). The number of ether oxygens (including phenoxy) is 1. The van der Waals surface area contributed by atoms with Crippen molar-refractivity contribution in [3.05, 3.63) is 58.9 Å². The number of amides is 3. The Labute approximate surface area is 165 Å². The second-order valence-corrected chi connectivity index (χ2v) is 6.44. The molecule has 0 unspecified atom stereocenters. The van der Waals surface area contributed by atoms with Crippen molar-refractivity contribution in [1.29, 1.82) is 0 Å². The molecule has 8 nitrogen and oxygen atoms in total. The minimum Gasteiger partial charge on any atom is -0.451 e. The normalized spacial score (nSPS) is 14.3. The molecule has 9 heteroatoms. The Bertz CT molecular complexity index is 962. The first-order valence-electron chi connectivity index (χ1n) is 8.40. The fourth-order valence-electron chi connectivity index (χ4n) is 2.69. The monoisotopic (exact) mass is 401 g/mol. The highest BCUT2D eigenvalue weighted by atomic mass is 35.5. The summed E-state index contributed by atoms with van der Waals surface area (Å²) in [6.45, 7) is 0.796. The maximum absolute atomic E-state index is 12.5. The summed E-state index contributed by atoms with van der Waals surface area (Å²) in [5.74, 6) is -2.56. The summed E-state index contributed by atoms with van der Waals surface area (Å²) >= 11 is 5.87. The van der Waals surface area contributed by atoms with E-state index in [1.165, 1.54) is 13.1 Å². The number of nitrogens with one attached hydrogen (secondary N) is 1. The van der Waals surface area contributed by atoms with Crippen molar-refractivity contribution >= 4 is 41.0 Å². The van der Waals surface area contributed by atoms with Crippen LogP contribution >= 0.6 is 11.6 Å². The molecule has 0 aliphatic carbocycles. The van der Waals surface area contributed by atoms with E-state index >= 15 is 0 Å². The van der Waals surface area contributed by atoms with Crippen LogP contribution in [0.2, 0.25) is 5.15 Å². The van der Waals surface area contributed by atoms with Gasteiger partial charge in [0, 0.05) is 11.8 Å². The highest BCUT2D eigenvalue weighted by molar-refractivity contribution is 6.32. The topological polar surface area (TPSA) is 106 Å². The number of hydrogen-bond acceptors (Lipinski definition) is 6. The van der Waals surface area contributed by atoms with Crippen LogP contribution in [-0.4, -0.2) is 46.2 Å². The molecule has 1 atom stereocenters. The minimum absolute atomic E-state index is 0.0186. The number of hydrogen-bond donors (Lipinski definition) is 1. The van der Waals surface area contributed by atoms with E-state index in [4.69, 9.17) is 16.3 Å². The summed E-state index contributed by atoms with van der Waals surface area (Å²) in [5.41, 5.74) is 1.25. The van der Waals surface area contributed by atoms with Gasteiger partial charge in [-0.15, -0.1) is 0 Å². The Morgan fingerprint density at radius 2 is 2.00 bits per heavy atom. The van der Waals surface area contributed by atoms with Gasteiger partial charge in [0.1, 0.15) is 6.54 Å². The molecule has 2 aromatic rings. The van der Waals surface area contributed by atoms with Crippen molar-refractivity contribution < 1.29 is 23.9 Å². The number of carbonyl (C=O) groups excluding carboxylic acids is 4. The smallest absolute Gasteiger partial charge is 0.326 e. The van der Waals surface area contributed by atoms with Gasteiger partial charge in [0.05, 0.1) is 12.1 Å². The molecule has 0 fully saturated rings. The number of aromatic nitrogens is 1. The third-order valence-electron chi connectivity index (χ3n) is 4.12. The number of imide groups is 1. The lowest BCUT2D eigenvalue weighted by atomic mass is 9.98. The van der Waals surface area contributed by atoms with Gasteiger partial charge in [-0.25, -0.2) is 4.98 Å². The molecule has 0 radical (unpaired) electrons. The number of halogens is 1. The van der Waals surface area contributed by atoms with E-state index in [1.54, 1.807) is 36.4 Å². The number of benzene rings is 1. The van der Waals surface area contributed by atoms with Gasteiger partial charge < -0.3 is 10.1 Å². The first-order chi connectivity index (χ1) is 13.4. The number of carbonyl (C=O) groups is 4. The Balaban J connectivity index is 1.60.